The zero-order chi connectivity index (χ0) is 16.6. The van der Waals surface area contributed by atoms with E-state index in [4.69, 9.17) is 0 Å². The number of halogens is 2. The van der Waals surface area contributed by atoms with E-state index in [0.29, 0.717) is 42.8 Å². The molecule has 1 aliphatic rings. The summed E-state index contributed by atoms with van der Waals surface area (Å²) in [6.07, 6.45) is 1.88. The van der Waals surface area contributed by atoms with Crippen molar-refractivity contribution in [1.29, 1.82) is 0 Å². The van der Waals surface area contributed by atoms with Crippen LogP contribution in [0.4, 0.5) is 14.6 Å². The van der Waals surface area contributed by atoms with Crippen molar-refractivity contribution in [2.75, 3.05) is 5.32 Å². The van der Waals surface area contributed by atoms with Crippen LogP contribution in [-0.4, -0.2) is 9.55 Å². The molecule has 0 saturated heterocycles. The standard InChI is InChI=1S/C16H17F2N3O2/c1-2-21-15(22)10-4-3-5-13(19-14(10)20-16(21)23)9-6-7-11(17)12(18)8-9/h6-8,13,19H,2-5H2,1H3,(H,20,23)/t13-/m0/s1. The third kappa shape index (κ3) is 2.78. The van der Waals surface area contributed by atoms with E-state index in [-0.39, 0.29) is 11.6 Å². The summed E-state index contributed by atoms with van der Waals surface area (Å²) in [6, 6.07) is 3.44. The van der Waals surface area contributed by atoms with Gasteiger partial charge in [0.05, 0.1) is 11.6 Å². The first-order chi connectivity index (χ1) is 11.0. The number of nitrogens with zero attached hydrogens (tertiary/aromatic N) is 1. The van der Waals surface area contributed by atoms with Crippen molar-refractivity contribution in [2.45, 2.75) is 38.8 Å². The molecule has 0 unspecified atom stereocenters. The summed E-state index contributed by atoms with van der Waals surface area (Å²) >= 11 is 0. The molecule has 23 heavy (non-hydrogen) atoms. The number of H-pyrrole nitrogens is 1. The van der Waals surface area contributed by atoms with Gasteiger partial charge in [-0.05, 0) is 43.9 Å². The molecule has 122 valence electrons. The van der Waals surface area contributed by atoms with Crippen LogP contribution in [0.1, 0.15) is 36.9 Å². The van der Waals surface area contributed by atoms with Gasteiger partial charge in [-0.25, -0.2) is 13.6 Å². The molecule has 2 aromatic rings. The molecule has 7 heteroatoms. The van der Waals surface area contributed by atoms with E-state index in [9.17, 15) is 18.4 Å². The number of aromatic nitrogens is 2. The summed E-state index contributed by atoms with van der Waals surface area (Å²) in [5, 5.41) is 3.10. The van der Waals surface area contributed by atoms with Gasteiger partial charge in [-0.3, -0.25) is 14.3 Å². The van der Waals surface area contributed by atoms with Crippen molar-refractivity contribution in [2.24, 2.45) is 0 Å². The molecule has 0 spiro atoms. The Morgan fingerprint density at radius 2 is 2.04 bits per heavy atom. The van der Waals surface area contributed by atoms with E-state index in [2.05, 4.69) is 10.3 Å². The van der Waals surface area contributed by atoms with Gasteiger partial charge in [0.2, 0.25) is 0 Å². The minimum atomic E-state index is -0.913. The highest BCUT2D eigenvalue weighted by Crippen LogP contribution is 2.29. The van der Waals surface area contributed by atoms with Gasteiger partial charge in [-0.15, -0.1) is 0 Å². The van der Waals surface area contributed by atoms with Crippen molar-refractivity contribution in [3.8, 4) is 0 Å². The van der Waals surface area contributed by atoms with Crippen molar-refractivity contribution in [1.82, 2.24) is 9.55 Å². The first-order valence-corrected chi connectivity index (χ1v) is 7.58. The maximum Gasteiger partial charge on any atom is 0.329 e. The van der Waals surface area contributed by atoms with Crippen molar-refractivity contribution >= 4 is 5.82 Å². The second kappa shape index (κ2) is 5.98. The zero-order valence-electron chi connectivity index (χ0n) is 12.7. The van der Waals surface area contributed by atoms with Crippen LogP contribution >= 0.6 is 0 Å². The SMILES string of the molecule is CCn1c(=O)[nH]c2c(c1=O)CCC[C@@H](c1ccc(F)c(F)c1)N2. The number of hydrogen-bond donors (Lipinski definition) is 2. The number of benzene rings is 1. The molecule has 0 radical (unpaired) electrons. The van der Waals surface area contributed by atoms with Gasteiger partial charge in [0.25, 0.3) is 5.56 Å². The molecule has 1 atom stereocenters. The quantitative estimate of drug-likeness (QED) is 0.892. The van der Waals surface area contributed by atoms with E-state index in [1.165, 1.54) is 6.07 Å². The smallest absolute Gasteiger partial charge is 0.329 e. The van der Waals surface area contributed by atoms with E-state index >= 15 is 0 Å². The fourth-order valence-electron chi connectivity index (χ4n) is 2.96. The van der Waals surface area contributed by atoms with Crippen LogP contribution in [0.2, 0.25) is 0 Å². The van der Waals surface area contributed by atoms with Gasteiger partial charge in [0.1, 0.15) is 5.82 Å². The molecule has 0 aliphatic carbocycles. The lowest BCUT2D eigenvalue weighted by molar-refractivity contribution is 0.505. The Hall–Kier alpha value is -2.44. The number of rotatable bonds is 2. The van der Waals surface area contributed by atoms with E-state index in [1.54, 1.807) is 6.92 Å². The first-order valence-electron chi connectivity index (χ1n) is 7.58. The third-order valence-electron chi connectivity index (χ3n) is 4.18. The fourth-order valence-corrected chi connectivity index (χ4v) is 2.96. The average molecular weight is 321 g/mol. The van der Waals surface area contributed by atoms with E-state index < -0.39 is 17.3 Å². The second-order valence-corrected chi connectivity index (χ2v) is 5.60. The highest BCUT2D eigenvalue weighted by molar-refractivity contribution is 5.46. The molecule has 1 aliphatic heterocycles. The molecule has 0 amide bonds. The Morgan fingerprint density at radius 1 is 1.26 bits per heavy atom. The lowest BCUT2D eigenvalue weighted by Crippen LogP contribution is -2.37. The summed E-state index contributed by atoms with van der Waals surface area (Å²) in [7, 11) is 0. The predicted molar refractivity (Wildman–Crippen MR) is 82.7 cm³/mol. The number of fused-ring (bicyclic) bond motifs is 1. The van der Waals surface area contributed by atoms with Crippen molar-refractivity contribution in [3.63, 3.8) is 0 Å². The number of aromatic amines is 1. The molecular formula is C16H17F2N3O2. The van der Waals surface area contributed by atoms with Gasteiger partial charge in [0.15, 0.2) is 11.6 Å². The van der Waals surface area contributed by atoms with Gasteiger partial charge >= 0.3 is 5.69 Å². The fraction of sp³-hybridized carbons (Fsp3) is 0.375. The first kappa shape index (κ1) is 15.5. The molecule has 2 heterocycles. The normalized spacial score (nSPS) is 17.3. The zero-order valence-corrected chi connectivity index (χ0v) is 12.7. The summed E-state index contributed by atoms with van der Waals surface area (Å²) in [5.74, 6) is -1.44. The van der Waals surface area contributed by atoms with Crippen molar-refractivity contribution in [3.05, 3.63) is 61.8 Å². The minimum absolute atomic E-state index is 0.293. The molecule has 0 bridgehead atoms. The summed E-state index contributed by atoms with van der Waals surface area (Å²) in [6.45, 7) is 2.03. The Balaban J connectivity index is 2.03. The maximum atomic E-state index is 13.4. The molecular weight excluding hydrogens is 304 g/mol. The molecule has 0 saturated carbocycles. The second-order valence-electron chi connectivity index (χ2n) is 5.60. The van der Waals surface area contributed by atoms with Crippen LogP contribution in [-0.2, 0) is 13.0 Å². The number of nitrogens with one attached hydrogen (secondary N) is 2. The van der Waals surface area contributed by atoms with Gasteiger partial charge < -0.3 is 5.32 Å². The van der Waals surface area contributed by atoms with Crippen LogP contribution in [0.3, 0.4) is 0 Å². The van der Waals surface area contributed by atoms with Crippen LogP contribution in [0.25, 0.3) is 0 Å². The van der Waals surface area contributed by atoms with E-state index in [0.717, 1.165) is 16.7 Å². The minimum Gasteiger partial charge on any atom is -0.364 e. The number of hydrogen-bond acceptors (Lipinski definition) is 3. The number of anilines is 1. The molecule has 1 aromatic heterocycles. The van der Waals surface area contributed by atoms with Gasteiger partial charge in [-0.2, -0.15) is 0 Å². The Labute approximate surface area is 131 Å². The third-order valence-corrected chi connectivity index (χ3v) is 4.18. The highest BCUT2D eigenvalue weighted by atomic mass is 19.2. The van der Waals surface area contributed by atoms with Crippen LogP contribution in [0.15, 0.2) is 27.8 Å². The average Bonchev–Trinajstić information content (AvgIpc) is 2.73. The lowest BCUT2D eigenvalue weighted by Gasteiger charge is -2.18. The Bertz CT molecular complexity index is 857. The topological polar surface area (TPSA) is 66.9 Å². The highest BCUT2D eigenvalue weighted by Gasteiger charge is 2.22. The van der Waals surface area contributed by atoms with Crippen LogP contribution in [0, 0.1) is 11.6 Å². The molecule has 1 aromatic carbocycles. The molecule has 2 N–H and O–H groups in total. The largest absolute Gasteiger partial charge is 0.364 e. The van der Waals surface area contributed by atoms with Gasteiger partial charge in [-0.1, -0.05) is 6.07 Å². The molecule has 3 rings (SSSR count). The lowest BCUT2D eigenvalue weighted by atomic mass is 10.0. The van der Waals surface area contributed by atoms with Crippen LogP contribution < -0.4 is 16.6 Å². The van der Waals surface area contributed by atoms with E-state index in [1.807, 2.05) is 0 Å². The monoisotopic (exact) mass is 321 g/mol. The Kier molecular flexibility index (Phi) is 4.02. The van der Waals surface area contributed by atoms with Crippen molar-refractivity contribution < 1.29 is 8.78 Å². The van der Waals surface area contributed by atoms with Gasteiger partial charge in [0, 0.05) is 6.54 Å². The summed E-state index contributed by atoms with van der Waals surface area (Å²) in [4.78, 5) is 27.0. The predicted octanol–water partition coefficient (Wildman–Crippen LogP) is 2.32. The molecule has 0 fully saturated rings. The Morgan fingerprint density at radius 3 is 2.74 bits per heavy atom. The van der Waals surface area contributed by atoms with Crippen LogP contribution in [0.5, 0.6) is 0 Å². The summed E-state index contributed by atoms with van der Waals surface area (Å²) < 4.78 is 27.7. The summed E-state index contributed by atoms with van der Waals surface area (Å²) in [5.41, 5.74) is 0.327. The molecule has 5 nitrogen and oxygen atoms in total. The maximum absolute atomic E-state index is 13.4.